The Labute approximate surface area is 165 Å². The zero-order chi connectivity index (χ0) is 19.1. The third-order valence-corrected chi connectivity index (χ3v) is 6.16. The molecule has 1 aliphatic rings. The highest BCUT2D eigenvalue weighted by Gasteiger charge is 2.27. The van der Waals surface area contributed by atoms with Crippen molar-refractivity contribution in [3.8, 4) is 0 Å². The fraction of sp³-hybridized carbons (Fsp3) is 0.684. The van der Waals surface area contributed by atoms with Crippen LogP contribution in [-0.2, 0) is 11.3 Å². The highest BCUT2D eigenvalue weighted by Crippen LogP contribution is 2.19. The molecule has 150 valence electrons. The summed E-state index contributed by atoms with van der Waals surface area (Å²) >= 11 is 1.65. The number of thiazole rings is 1. The number of hydrogen-bond donors (Lipinski definition) is 2. The van der Waals surface area contributed by atoms with Crippen LogP contribution in [0.2, 0.25) is 0 Å². The molecule has 0 bridgehead atoms. The first-order valence-electron chi connectivity index (χ1n) is 9.92. The van der Waals surface area contributed by atoms with E-state index in [0.29, 0.717) is 18.5 Å². The van der Waals surface area contributed by atoms with E-state index in [0.717, 1.165) is 49.5 Å². The molecule has 1 unspecified atom stereocenters. The minimum atomic E-state index is 0.500. The fourth-order valence-electron chi connectivity index (χ4n) is 3.79. The summed E-state index contributed by atoms with van der Waals surface area (Å²) in [4.78, 5) is 12.6. The Morgan fingerprint density at radius 1 is 1.30 bits per heavy atom. The first-order chi connectivity index (χ1) is 13.2. The van der Waals surface area contributed by atoms with Crippen LogP contribution in [0.25, 0.3) is 4.96 Å². The zero-order valence-corrected chi connectivity index (χ0v) is 17.5. The van der Waals surface area contributed by atoms with Crippen molar-refractivity contribution in [1.82, 2.24) is 24.9 Å². The van der Waals surface area contributed by atoms with Crippen LogP contribution in [0.1, 0.15) is 32.4 Å². The van der Waals surface area contributed by atoms with Crippen molar-refractivity contribution in [2.24, 2.45) is 10.9 Å². The van der Waals surface area contributed by atoms with Gasteiger partial charge in [-0.15, -0.1) is 11.3 Å². The summed E-state index contributed by atoms with van der Waals surface area (Å²) in [6, 6.07) is 0.500. The molecule has 3 rings (SSSR count). The molecule has 1 aliphatic heterocycles. The van der Waals surface area contributed by atoms with Gasteiger partial charge < -0.3 is 15.4 Å². The monoisotopic (exact) mass is 392 g/mol. The molecule has 0 amide bonds. The van der Waals surface area contributed by atoms with Crippen molar-refractivity contribution in [2.75, 3.05) is 39.9 Å². The van der Waals surface area contributed by atoms with Crippen molar-refractivity contribution < 1.29 is 4.74 Å². The largest absolute Gasteiger partial charge is 0.379 e. The Bertz CT molecular complexity index is 688. The van der Waals surface area contributed by atoms with Gasteiger partial charge in [-0.2, -0.15) is 0 Å². The minimum Gasteiger partial charge on any atom is -0.379 e. The molecule has 8 heteroatoms. The Morgan fingerprint density at radius 2 is 2.07 bits per heavy atom. The third-order valence-electron chi connectivity index (χ3n) is 5.39. The van der Waals surface area contributed by atoms with Crippen LogP contribution >= 0.6 is 11.3 Å². The van der Waals surface area contributed by atoms with E-state index in [-0.39, 0.29) is 0 Å². The first kappa shape index (κ1) is 20.1. The Kier molecular flexibility index (Phi) is 7.49. The number of guanidine groups is 1. The molecule has 2 N–H and O–H groups in total. The second kappa shape index (κ2) is 10.1. The molecule has 1 atom stereocenters. The maximum atomic E-state index is 5.54. The lowest BCUT2D eigenvalue weighted by atomic mass is 9.92. The third kappa shape index (κ3) is 5.21. The summed E-state index contributed by atoms with van der Waals surface area (Å²) in [5, 5.41) is 8.98. The normalized spacial score (nSPS) is 17.6. The molecule has 27 heavy (non-hydrogen) atoms. The second-order valence-corrected chi connectivity index (χ2v) is 7.80. The summed E-state index contributed by atoms with van der Waals surface area (Å²) in [6.45, 7) is 9.84. The van der Waals surface area contributed by atoms with Gasteiger partial charge in [0.2, 0.25) is 0 Å². The fourth-order valence-corrected chi connectivity index (χ4v) is 4.51. The van der Waals surface area contributed by atoms with Gasteiger partial charge in [0.25, 0.3) is 0 Å². The van der Waals surface area contributed by atoms with Gasteiger partial charge in [0.1, 0.15) is 0 Å². The number of morpholine rings is 1. The van der Waals surface area contributed by atoms with Gasteiger partial charge in [0.15, 0.2) is 10.9 Å². The standard InChI is InChI=1S/C19H32N6OS/c1-4-15(5-2)17(24-6-9-26-10-7-24)13-22-18(20-3)21-12-16-14-25-8-11-27-19(25)23-16/h8,11,14-15,17H,4-7,9-10,12-13H2,1-3H3,(H2,20,21,22). The average molecular weight is 393 g/mol. The summed E-state index contributed by atoms with van der Waals surface area (Å²) in [5.41, 5.74) is 1.02. The smallest absolute Gasteiger partial charge is 0.193 e. The van der Waals surface area contributed by atoms with Gasteiger partial charge in [-0.1, -0.05) is 26.7 Å². The van der Waals surface area contributed by atoms with Gasteiger partial charge in [-0.25, -0.2) is 4.98 Å². The van der Waals surface area contributed by atoms with Crippen molar-refractivity contribution in [2.45, 2.75) is 39.3 Å². The highest BCUT2D eigenvalue weighted by molar-refractivity contribution is 7.15. The SMILES string of the molecule is CCC(CC)C(CNC(=NC)NCc1cn2ccsc2n1)N1CCOCC1. The van der Waals surface area contributed by atoms with Crippen molar-refractivity contribution >= 4 is 22.3 Å². The second-order valence-electron chi connectivity index (χ2n) is 6.92. The number of ether oxygens (including phenoxy) is 1. The number of fused-ring (bicyclic) bond motifs is 1. The highest BCUT2D eigenvalue weighted by atomic mass is 32.1. The Balaban J connectivity index is 1.55. The maximum Gasteiger partial charge on any atom is 0.193 e. The van der Waals surface area contributed by atoms with E-state index in [4.69, 9.17) is 4.74 Å². The lowest BCUT2D eigenvalue weighted by Crippen LogP contribution is -2.53. The summed E-state index contributed by atoms with van der Waals surface area (Å²) in [7, 11) is 1.82. The number of nitrogens with zero attached hydrogens (tertiary/aromatic N) is 4. The zero-order valence-electron chi connectivity index (χ0n) is 16.6. The average Bonchev–Trinajstić information content (AvgIpc) is 3.30. The van der Waals surface area contributed by atoms with E-state index in [9.17, 15) is 0 Å². The van der Waals surface area contributed by atoms with Crippen LogP contribution < -0.4 is 10.6 Å². The van der Waals surface area contributed by atoms with Crippen LogP contribution in [0.3, 0.4) is 0 Å². The maximum absolute atomic E-state index is 5.54. The van der Waals surface area contributed by atoms with Gasteiger partial charge in [-0.3, -0.25) is 14.3 Å². The van der Waals surface area contributed by atoms with E-state index in [2.05, 4.69) is 50.0 Å². The van der Waals surface area contributed by atoms with E-state index in [1.54, 1.807) is 11.3 Å². The molecule has 0 radical (unpaired) electrons. The lowest BCUT2D eigenvalue weighted by Gasteiger charge is -2.39. The Hall–Kier alpha value is -1.64. The lowest BCUT2D eigenvalue weighted by molar-refractivity contribution is 0.00272. The molecule has 0 aromatic carbocycles. The molecule has 7 nitrogen and oxygen atoms in total. The van der Waals surface area contributed by atoms with Gasteiger partial charge in [-0.05, 0) is 5.92 Å². The number of nitrogens with one attached hydrogen (secondary N) is 2. The van der Waals surface area contributed by atoms with E-state index in [1.807, 2.05) is 18.6 Å². The quantitative estimate of drug-likeness (QED) is 0.533. The van der Waals surface area contributed by atoms with E-state index >= 15 is 0 Å². The Morgan fingerprint density at radius 3 is 2.74 bits per heavy atom. The number of hydrogen-bond acceptors (Lipinski definition) is 5. The predicted octanol–water partition coefficient (Wildman–Crippen LogP) is 2.20. The minimum absolute atomic E-state index is 0.500. The molecular formula is C19H32N6OS. The molecule has 0 spiro atoms. The van der Waals surface area contributed by atoms with Crippen molar-refractivity contribution in [3.63, 3.8) is 0 Å². The molecule has 0 aliphatic carbocycles. The molecule has 1 saturated heterocycles. The number of aliphatic imine (C=N–C) groups is 1. The number of aromatic nitrogens is 2. The van der Waals surface area contributed by atoms with Crippen LogP contribution in [-0.4, -0.2) is 66.2 Å². The molecule has 2 aromatic rings. The van der Waals surface area contributed by atoms with Crippen LogP contribution in [0, 0.1) is 5.92 Å². The van der Waals surface area contributed by atoms with Crippen LogP contribution in [0.5, 0.6) is 0 Å². The first-order valence-corrected chi connectivity index (χ1v) is 10.8. The number of rotatable bonds is 8. The van der Waals surface area contributed by atoms with Crippen LogP contribution in [0.4, 0.5) is 0 Å². The predicted molar refractivity (Wildman–Crippen MR) is 112 cm³/mol. The topological polar surface area (TPSA) is 66.2 Å². The van der Waals surface area contributed by atoms with Crippen molar-refractivity contribution in [1.29, 1.82) is 0 Å². The number of imidazole rings is 1. The van der Waals surface area contributed by atoms with Gasteiger partial charge in [0, 0.05) is 50.5 Å². The molecule has 0 saturated carbocycles. The van der Waals surface area contributed by atoms with E-state index in [1.165, 1.54) is 12.8 Å². The summed E-state index contributed by atoms with van der Waals surface area (Å²) in [5.74, 6) is 1.50. The van der Waals surface area contributed by atoms with Gasteiger partial charge in [0.05, 0.1) is 25.5 Å². The van der Waals surface area contributed by atoms with Crippen molar-refractivity contribution in [3.05, 3.63) is 23.5 Å². The molecule has 2 aromatic heterocycles. The molecular weight excluding hydrogens is 360 g/mol. The molecule has 1 fully saturated rings. The summed E-state index contributed by atoms with van der Waals surface area (Å²) in [6.07, 6.45) is 6.48. The van der Waals surface area contributed by atoms with Gasteiger partial charge >= 0.3 is 0 Å². The van der Waals surface area contributed by atoms with E-state index < -0.39 is 0 Å². The van der Waals surface area contributed by atoms with Crippen LogP contribution in [0.15, 0.2) is 22.8 Å². The summed E-state index contributed by atoms with van der Waals surface area (Å²) < 4.78 is 7.60. The molecule has 3 heterocycles.